The first-order valence-corrected chi connectivity index (χ1v) is 17.9. The van der Waals surface area contributed by atoms with Crippen LogP contribution in [0.15, 0.2) is 102 Å². The molecule has 0 saturated carbocycles. The second kappa shape index (κ2) is 14.5. The van der Waals surface area contributed by atoms with E-state index in [2.05, 4.69) is 74.8 Å². The van der Waals surface area contributed by atoms with Gasteiger partial charge in [0.1, 0.15) is 18.7 Å². The first-order valence-electron chi connectivity index (χ1n) is 15.7. The van der Waals surface area contributed by atoms with Crippen molar-refractivity contribution in [3.63, 3.8) is 0 Å². The Bertz CT molecular complexity index is 1710. The smallest absolute Gasteiger partial charge is 0.407 e. The van der Waals surface area contributed by atoms with Gasteiger partial charge in [-0.2, -0.15) is 0 Å². The number of aliphatic imine (C=N–C) groups is 1. The van der Waals surface area contributed by atoms with Gasteiger partial charge in [0, 0.05) is 31.5 Å². The highest BCUT2D eigenvalue weighted by molar-refractivity contribution is 8.83. The number of amidine groups is 1. The summed E-state index contributed by atoms with van der Waals surface area (Å²) in [5.74, 6) is 0.0669. The maximum Gasteiger partial charge on any atom is 0.407 e. The number of benzene rings is 4. The average molecular weight is 666 g/mol. The lowest BCUT2D eigenvalue weighted by Crippen LogP contribution is -2.41. The number of carbonyl (C=O) groups is 2. The zero-order valence-electron chi connectivity index (χ0n) is 25.6. The lowest BCUT2D eigenvalue weighted by atomic mass is 9.98. The van der Waals surface area contributed by atoms with E-state index in [4.69, 9.17) is 9.47 Å². The fourth-order valence-electron chi connectivity index (χ4n) is 6.39. The highest BCUT2D eigenvalue weighted by Crippen LogP contribution is 2.45. The van der Waals surface area contributed by atoms with E-state index in [-0.39, 0.29) is 23.9 Å². The number of rotatable bonds is 11. The van der Waals surface area contributed by atoms with Crippen molar-refractivity contribution in [3.05, 3.63) is 119 Å². The minimum absolute atomic E-state index is 0.0306. The molecule has 1 heterocycles. The number of nitrogens with zero attached hydrogens (tertiary/aromatic N) is 1. The van der Waals surface area contributed by atoms with Crippen LogP contribution in [0, 0.1) is 0 Å². The Balaban J connectivity index is 0.771. The third-order valence-electron chi connectivity index (χ3n) is 8.53. The molecule has 2 amide bonds. The van der Waals surface area contributed by atoms with Crippen molar-refractivity contribution in [1.29, 1.82) is 0 Å². The van der Waals surface area contributed by atoms with Crippen molar-refractivity contribution in [3.8, 4) is 22.3 Å². The molecule has 47 heavy (non-hydrogen) atoms. The van der Waals surface area contributed by atoms with E-state index in [0.29, 0.717) is 32.8 Å². The number of nitrogens with one attached hydrogen (secondary N) is 4. The molecule has 1 atom stereocenters. The third-order valence-corrected chi connectivity index (χ3v) is 10.8. The van der Waals surface area contributed by atoms with Crippen molar-refractivity contribution >= 4 is 38.9 Å². The van der Waals surface area contributed by atoms with Gasteiger partial charge in [-0.15, -0.1) is 0 Å². The monoisotopic (exact) mass is 665 g/mol. The van der Waals surface area contributed by atoms with Gasteiger partial charge in [-0.05, 0) is 66.1 Å². The predicted octanol–water partition coefficient (Wildman–Crippen LogP) is 6.28. The maximum atomic E-state index is 12.4. The van der Waals surface area contributed by atoms with Crippen LogP contribution in [-0.4, -0.2) is 62.2 Å². The van der Waals surface area contributed by atoms with Crippen LogP contribution in [0.25, 0.3) is 22.3 Å². The van der Waals surface area contributed by atoms with Crippen molar-refractivity contribution in [2.75, 3.05) is 39.4 Å². The summed E-state index contributed by atoms with van der Waals surface area (Å²) < 4.78 is 11.2. The fourth-order valence-corrected chi connectivity index (χ4v) is 8.52. The molecule has 4 N–H and O–H groups in total. The number of hydrogen-bond acceptors (Lipinski definition) is 8. The Hall–Kier alpha value is -4.45. The number of fused-ring (bicyclic) bond motifs is 6. The van der Waals surface area contributed by atoms with Crippen LogP contribution in [-0.2, 0) is 9.47 Å². The molecule has 7 rings (SSSR count). The van der Waals surface area contributed by atoms with E-state index >= 15 is 0 Å². The zero-order chi connectivity index (χ0) is 32.0. The summed E-state index contributed by atoms with van der Waals surface area (Å²) >= 11 is 0. The molecule has 0 radical (unpaired) electrons. The molecule has 1 unspecified atom stereocenters. The van der Waals surface area contributed by atoms with E-state index in [0.717, 1.165) is 5.17 Å². The molecular formula is C36H35N5O4S2. The van der Waals surface area contributed by atoms with Gasteiger partial charge in [0.05, 0.1) is 6.54 Å². The Kier molecular flexibility index (Phi) is 9.64. The highest BCUT2D eigenvalue weighted by atomic mass is 33.1. The van der Waals surface area contributed by atoms with Gasteiger partial charge in [0.25, 0.3) is 0 Å². The van der Waals surface area contributed by atoms with Crippen molar-refractivity contribution in [2.45, 2.75) is 17.3 Å². The molecule has 0 spiro atoms. The molecule has 3 aliphatic rings. The molecule has 240 valence electrons. The summed E-state index contributed by atoms with van der Waals surface area (Å²) in [6.45, 7) is 2.36. The van der Waals surface area contributed by atoms with E-state index in [1.54, 1.807) is 10.8 Å². The van der Waals surface area contributed by atoms with Crippen LogP contribution in [0.4, 0.5) is 9.59 Å². The molecule has 0 bridgehead atoms. The van der Waals surface area contributed by atoms with Crippen LogP contribution < -0.4 is 21.3 Å². The van der Waals surface area contributed by atoms with Crippen LogP contribution in [0.2, 0.25) is 0 Å². The molecular weight excluding hydrogens is 631 g/mol. The predicted molar refractivity (Wildman–Crippen MR) is 189 cm³/mol. The minimum Gasteiger partial charge on any atom is -0.449 e. The molecule has 11 heteroatoms. The summed E-state index contributed by atoms with van der Waals surface area (Å²) in [6, 6.07) is 33.1. The van der Waals surface area contributed by atoms with Crippen LogP contribution in [0.1, 0.15) is 34.1 Å². The number of alkyl carbamates (subject to hydrolysis) is 2. The van der Waals surface area contributed by atoms with Crippen LogP contribution in [0.5, 0.6) is 0 Å². The first-order chi connectivity index (χ1) is 23.2. The Morgan fingerprint density at radius 3 is 1.57 bits per heavy atom. The minimum atomic E-state index is -0.447. The molecule has 1 fully saturated rings. The molecule has 2 aliphatic carbocycles. The third kappa shape index (κ3) is 6.97. The van der Waals surface area contributed by atoms with E-state index in [9.17, 15) is 9.59 Å². The summed E-state index contributed by atoms with van der Waals surface area (Å²) in [5, 5.41) is 13.1. The van der Waals surface area contributed by atoms with Crippen molar-refractivity contribution in [2.24, 2.45) is 4.99 Å². The van der Waals surface area contributed by atoms with Gasteiger partial charge >= 0.3 is 12.2 Å². The summed E-state index contributed by atoms with van der Waals surface area (Å²) in [5.41, 5.74) is 9.52. The number of hydrogen-bond donors (Lipinski definition) is 4. The molecule has 1 aliphatic heterocycles. The molecule has 0 aromatic heterocycles. The number of carbonyl (C=O) groups excluding carboxylic acids is 2. The Labute approximate surface area is 281 Å². The summed E-state index contributed by atoms with van der Waals surface area (Å²) in [7, 11) is 3.14. The van der Waals surface area contributed by atoms with E-state index in [1.807, 2.05) is 48.5 Å². The molecule has 9 nitrogen and oxygen atoms in total. The average Bonchev–Trinajstić information content (AvgIpc) is 3.79. The SMILES string of the molecule is O=C(NCCN=C1NC(NCCNC(=O)OCC2c3ccccc3-c3ccccc32)SS1)OCC1c2ccccc2-c2ccccc21. The lowest BCUT2D eigenvalue weighted by molar-refractivity contribution is 0.142. The largest absolute Gasteiger partial charge is 0.449 e. The summed E-state index contributed by atoms with van der Waals surface area (Å²) in [4.78, 5) is 29.4. The molecule has 4 aromatic rings. The van der Waals surface area contributed by atoms with Gasteiger partial charge in [-0.3, -0.25) is 10.3 Å². The van der Waals surface area contributed by atoms with E-state index in [1.165, 1.54) is 55.3 Å². The maximum absolute atomic E-state index is 12.4. The van der Waals surface area contributed by atoms with Crippen LogP contribution in [0.3, 0.4) is 0 Å². The number of ether oxygens (including phenoxy) is 2. The standard InChI is InChI=1S/C36H35N5O4S2/c42-35(44-21-31-27-13-5-1-9-23(27)24-10-2-6-14-28(24)31)39-19-17-37-33-41-34(47-46-33)38-18-20-40-36(43)45-22-32-29-15-7-3-11-25(29)26-12-4-8-16-30(26)32/h1-16,31-33,37H,17-22H2,(H,38,41)(H,39,42)(H,40,43). The highest BCUT2D eigenvalue weighted by Gasteiger charge is 2.30. The lowest BCUT2D eigenvalue weighted by Gasteiger charge is -2.15. The van der Waals surface area contributed by atoms with E-state index < -0.39 is 12.2 Å². The summed E-state index contributed by atoms with van der Waals surface area (Å²) in [6.07, 6.45) is -0.877. The van der Waals surface area contributed by atoms with Gasteiger partial charge in [0.2, 0.25) is 0 Å². The fraction of sp³-hybridized carbons (Fsp3) is 0.250. The first kappa shape index (κ1) is 31.2. The van der Waals surface area contributed by atoms with Crippen LogP contribution >= 0.6 is 21.6 Å². The quantitative estimate of drug-likeness (QED) is 0.110. The van der Waals surface area contributed by atoms with Gasteiger partial charge in [-0.1, -0.05) is 97.1 Å². The van der Waals surface area contributed by atoms with Crippen molar-refractivity contribution < 1.29 is 19.1 Å². The van der Waals surface area contributed by atoms with Gasteiger partial charge in [-0.25, -0.2) is 9.59 Å². The van der Waals surface area contributed by atoms with Gasteiger partial charge < -0.3 is 25.4 Å². The topological polar surface area (TPSA) is 113 Å². The van der Waals surface area contributed by atoms with Crippen molar-refractivity contribution in [1.82, 2.24) is 21.3 Å². The Morgan fingerprint density at radius 2 is 1.09 bits per heavy atom. The zero-order valence-corrected chi connectivity index (χ0v) is 27.2. The normalized spacial score (nSPS) is 16.9. The molecule has 4 aromatic carbocycles. The second-order valence-electron chi connectivity index (χ2n) is 11.3. The van der Waals surface area contributed by atoms with Gasteiger partial charge in [0.15, 0.2) is 5.17 Å². The molecule has 1 saturated heterocycles. The Morgan fingerprint density at radius 1 is 0.638 bits per heavy atom. The number of amides is 2. The second-order valence-corrected chi connectivity index (χ2v) is 13.6.